The van der Waals surface area contributed by atoms with Crippen molar-refractivity contribution in [2.45, 2.75) is 38.5 Å². The van der Waals surface area contributed by atoms with E-state index in [1.54, 1.807) is 0 Å². The minimum absolute atomic E-state index is 0.448. The third kappa shape index (κ3) is 6.66. The summed E-state index contributed by atoms with van der Waals surface area (Å²) < 4.78 is 5.68. The first kappa shape index (κ1) is 15.0. The summed E-state index contributed by atoms with van der Waals surface area (Å²) in [4.78, 5) is 0. The number of ether oxygens (including phenoxy) is 1. The average Bonchev–Trinajstić information content (AvgIpc) is 2.39. The van der Waals surface area contributed by atoms with Gasteiger partial charge in [0.2, 0.25) is 0 Å². The first-order valence-electron chi connectivity index (χ1n) is 6.51. The van der Waals surface area contributed by atoms with Crippen LogP contribution in [0.15, 0.2) is 24.3 Å². The van der Waals surface area contributed by atoms with Gasteiger partial charge in [-0.2, -0.15) is 5.26 Å². The van der Waals surface area contributed by atoms with E-state index >= 15 is 0 Å². The van der Waals surface area contributed by atoms with Gasteiger partial charge in [-0.25, -0.2) is 0 Å². The highest BCUT2D eigenvalue weighted by Gasteiger charge is 1.97. The van der Waals surface area contributed by atoms with Crippen LogP contribution in [0.2, 0.25) is 0 Å². The van der Waals surface area contributed by atoms with Gasteiger partial charge < -0.3 is 4.74 Å². The molecule has 1 rings (SSSR count). The molecule has 0 heterocycles. The molecule has 0 amide bonds. The lowest BCUT2D eigenvalue weighted by atomic mass is 10.1. The summed E-state index contributed by atoms with van der Waals surface area (Å²) in [7, 11) is 0. The molecule has 0 aliphatic heterocycles. The number of unbranched alkanes of at least 4 members (excludes halogenated alkanes) is 4. The lowest BCUT2D eigenvalue weighted by molar-refractivity contribution is 0.304. The van der Waals surface area contributed by atoms with Crippen molar-refractivity contribution in [1.82, 2.24) is 0 Å². The minimum Gasteiger partial charge on any atom is -0.494 e. The largest absolute Gasteiger partial charge is 0.494 e. The van der Waals surface area contributed by atoms with Crippen molar-refractivity contribution >= 4 is 15.9 Å². The van der Waals surface area contributed by atoms with E-state index in [1.807, 2.05) is 24.3 Å². The van der Waals surface area contributed by atoms with Crippen molar-refractivity contribution in [3.8, 4) is 11.8 Å². The summed E-state index contributed by atoms with van der Waals surface area (Å²) in [6, 6.07) is 9.95. The predicted molar refractivity (Wildman–Crippen MR) is 78.1 cm³/mol. The van der Waals surface area contributed by atoms with Crippen LogP contribution < -0.4 is 4.74 Å². The van der Waals surface area contributed by atoms with Crippen molar-refractivity contribution < 1.29 is 4.74 Å². The summed E-state index contributed by atoms with van der Waals surface area (Å²) in [5.41, 5.74) is 1.02. The van der Waals surface area contributed by atoms with Gasteiger partial charge in [0.1, 0.15) is 5.75 Å². The van der Waals surface area contributed by atoms with Crippen LogP contribution in [0.5, 0.6) is 5.75 Å². The molecule has 0 N–H and O–H groups in total. The van der Waals surface area contributed by atoms with Crippen molar-refractivity contribution in [1.29, 1.82) is 5.26 Å². The summed E-state index contributed by atoms with van der Waals surface area (Å²) in [6.07, 6.45) is 6.61. The SMILES string of the molecule is N#CCc1cccc(OCCCCCCCBr)c1. The number of hydrogen-bond donors (Lipinski definition) is 0. The van der Waals surface area contributed by atoms with Crippen LogP contribution in [-0.2, 0) is 6.42 Å². The normalized spacial score (nSPS) is 10.0. The smallest absolute Gasteiger partial charge is 0.119 e. The van der Waals surface area contributed by atoms with E-state index < -0.39 is 0 Å². The number of nitriles is 1. The number of hydrogen-bond acceptors (Lipinski definition) is 2. The molecule has 1 aromatic rings. The van der Waals surface area contributed by atoms with E-state index in [-0.39, 0.29) is 0 Å². The summed E-state index contributed by atoms with van der Waals surface area (Å²) in [5, 5.41) is 9.74. The van der Waals surface area contributed by atoms with E-state index in [9.17, 15) is 0 Å². The molecular weight excluding hydrogens is 290 g/mol. The lowest BCUT2D eigenvalue weighted by Gasteiger charge is -2.07. The van der Waals surface area contributed by atoms with Gasteiger partial charge in [-0.1, -0.05) is 47.3 Å². The Bertz CT molecular complexity index is 373. The topological polar surface area (TPSA) is 33.0 Å². The fourth-order valence-corrected chi connectivity index (χ4v) is 2.15. The molecule has 18 heavy (non-hydrogen) atoms. The molecule has 0 unspecified atom stereocenters. The van der Waals surface area contributed by atoms with Crippen LogP contribution in [0.4, 0.5) is 0 Å². The predicted octanol–water partition coefficient (Wildman–Crippen LogP) is 4.48. The van der Waals surface area contributed by atoms with Gasteiger partial charge in [-0.15, -0.1) is 0 Å². The molecule has 0 bridgehead atoms. The molecule has 0 spiro atoms. The quantitative estimate of drug-likeness (QED) is 0.498. The van der Waals surface area contributed by atoms with Crippen molar-refractivity contribution in [3.05, 3.63) is 29.8 Å². The zero-order valence-corrected chi connectivity index (χ0v) is 12.3. The Hall–Kier alpha value is -1.01. The molecule has 0 aliphatic carbocycles. The standard InChI is InChI=1S/C15H20BrNO/c16-10-4-2-1-3-5-12-18-15-8-6-7-14(13-15)9-11-17/h6-8,13H,1-5,9-10,12H2. The Balaban J connectivity index is 2.15. The Labute approximate surface area is 118 Å². The van der Waals surface area contributed by atoms with Gasteiger partial charge >= 0.3 is 0 Å². The van der Waals surface area contributed by atoms with Crippen LogP contribution in [0.3, 0.4) is 0 Å². The third-order valence-electron chi connectivity index (χ3n) is 2.73. The van der Waals surface area contributed by atoms with E-state index in [0.29, 0.717) is 6.42 Å². The first-order valence-corrected chi connectivity index (χ1v) is 7.63. The highest BCUT2D eigenvalue weighted by Crippen LogP contribution is 2.14. The van der Waals surface area contributed by atoms with E-state index in [4.69, 9.17) is 10.00 Å². The zero-order valence-electron chi connectivity index (χ0n) is 10.7. The number of nitrogens with zero attached hydrogens (tertiary/aromatic N) is 1. The van der Waals surface area contributed by atoms with Gasteiger partial charge in [0.25, 0.3) is 0 Å². The monoisotopic (exact) mass is 309 g/mol. The van der Waals surface area contributed by atoms with Crippen LogP contribution in [0, 0.1) is 11.3 Å². The molecule has 0 aliphatic rings. The molecule has 0 aromatic heterocycles. The lowest BCUT2D eigenvalue weighted by Crippen LogP contribution is -1.97. The van der Waals surface area contributed by atoms with Crippen LogP contribution in [0.25, 0.3) is 0 Å². The molecule has 0 radical (unpaired) electrons. The fourth-order valence-electron chi connectivity index (χ4n) is 1.75. The zero-order chi connectivity index (χ0) is 13.1. The maximum absolute atomic E-state index is 8.63. The van der Waals surface area contributed by atoms with Gasteiger partial charge in [0, 0.05) is 5.33 Å². The molecule has 98 valence electrons. The number of halogens is 1. The Kier molecular flexibility index (Phi) is 8.33. The second-order valence-corrected chi connectivity index (χ2v) is 5.08. The van der Waals surface area contributed by atoms with Crippen molar-refractivity contribution in [2.75, 3.05) is 11.9 Å². The molecular formula is C15H20BrNO. The first-order chi connectivity index (χ1) is 8.86. The molecule has 0 atom stereocenters. The molecule has 0 fully saturated rings. The number of alkyl halides is 1. The maximum atomic E-state index is 8.63. The van der Waals surface area contributed by atoms with E-state index in [2.05, 4.69) is 22.0 Å². The highest BCUT2D eigenvalue weighted by atomic mass is 79.9. The van der Waals surface area contributed by atoms with Crippen LogP contribution in [0.1, 0.15) is 37.7 Å². The van der Waals surface area contributed by atoms with Crippen molar-refractivity contribution in [3.63, 3.8) is 0 Å². The Morgan fingerprint density at radius 2 is 1.89 bits per heavy atom. The second-order valence-electron chi connectivity index (χ2n) is 4.29. The van der Waals surface area contributed by atoms with Gasteiger partial charge in [-0.3, -0.25) is 0 Å². The van der Waals surface area contributed by atoms with E-state index in [1.165, 1.54) is 25.7 Å². The average molecular weight is 310 g/mol. The number of benzene rings is 1. The van der Waals surface area contributed by atoms with Gasteiger partial charge in [0.15, 0.2) is 0 Å². The maximum Gasteiger partial charge on any atom is 0.119 e. The molecule has 1 aromatic carbocycles. The molecule has 3 heteroatoms. The third-order valence-corrected chi connectivity index (χ3v) is 3.29. The molecule has 0 saturated carbocycles. The van der Waals surface area contributed by atoms with E-state index in [0.717, 1.165) is 29.7 Å². The minimum atomic E-state index is 0.448. The fraction of sp³-hybridized carbons (Fsp3) is 0.533. The summed E-state index contributed by atoms with van der Waals surface area (Å²) in [5.74, 6) is 0.878. The van der Waals surface area contributed by atoms with Crippen LogP contribution >= 0.6 is 15.9 Å². The second kappa shape index (κ2) is 9.96. The van der Waals surface area contributed by atoms with Crippen molar-refractivity contribution in [2.24, 2.45) is 0 Å². The highest BCUT2D eigenvalue weighted by molar-refractivity contribution is 9.09. The summed E-state index contributed by atoms with van der Waals surface area (Å²) >= 11 is 3.43. The molecule has 2 nitrogen and oxygen atoms in total. The van der Waals surface area contributed by atoms with Gasteiger partial charge in [-0.05, 0) is 30.5 Å². The van der Waals surface area contributed by atoms with Crippen LogP contribution in [-0.4, -0.2) is 11.9 Å². The molecule has 0 saturated heterocycles. The number of rotatable bonds is 9. The van der Waals surface area contributed by atoms with Gasteiger partial charge in [0.05, 0.1) is 19.1 Å². The Morgan fingerprint density at radius 3 is 2.67 bits per heavy atom. The summed E-state index contributed by atoms with van der Waals surface area (Å²) in [6.45, 7) is 0.768. The Morgan fingerprint density at radius 1 is 1.11 bits per heavy atom.